The van der Waals surface area contributed by atoms with E-state index < -0.39 is 17.5 Å². The molecule has 0 aromatic carbocycles. The second kappa shape index (κ2) is 3.13. The number of thioether (sulfide) groups is 1. The van der Waals surface area contributed by atoms with E-state index in [1.807, 2.05) is 0 Å². The average molecular weight is 216 g/mol. The van der Waals surface area contributed by atoms with Gasteiger partial charge in [-0.1, -0.05) is 0 Å². The first-order valence-electron chi connectivity index (χ1n) is 4.46. The Morgan fingerprint density at radius 1 is 1.79 bits per heavy atom. The van der Waals surface area contributed by atoms with Crippen LogP contribution in [0.5, 0.6) is 0 Å². The van der Waals surface area contributed by atoms with Gasteiger partial charge in [0.15, 0.2) is 0 Å². The molecule has 6 heteroatoms. The van der Waals surface area contributed by atoms with E-state index in [0.717, 1.165) is 17.2 Å². The number of amides is 2. The first-order valence-corrected chi connectivity index (χ1v) is 5.61. The molecule has 0 radical (unpaired) electrons. The molecular formula is C8H12N2O3S. The Hall–Kier alpha value is -0.750. The third kappa shape index (κ3) is 1.14. The highest BCUT2D eigenvalue weighted by atomic mass is 32.2. The van der Waals surface area contributed by atoms with Gasteiger partial charge in [-0.25, -0.2) is 5.06 Å². The van der Waals surface area contributed by atoms with Crippen LogP contribution in [-0.2, 0) is 9.59 Å². The van der Waals surface area contributed by atoms with Crippen molar-refractivity contribution in [2.75, 3.05) is 11.5 Å². The lowest BCUT2D eigenvalue weighted by molar-refractivity contribution is -0.233. The predicted octanol–water partition coefficient (Wildman–Crippen LogP) is -0.402. The Morgan fingerprint density at radius 2 is 2.50 bits per heavy atom. The number of nitrogens with one attached hydrogen (secondary N) is 1. The normalized spacial score (nSPS) is 36.0. The zero-order valence-corrected chi connectivity index (χ0v) is 8.63. The molecule has 2 heterocycles. The van der Waals surface area contributed by atoms with Crippen LogP contribution in [0, 0.1) is 0 Å². The van der Waals surface area contributed by atoms with Crippen molar-refractivity contribution < 1.29 is 14.8 Å². The standard InChI is InChI=1S/C8H12N2O3S/c1-5(11)9-6-7(12)10(13)8(6)2-3-14-4-8/h6,13H,2-4H2,1H3,(H,9,11). The highest BCUT2D eigenvalue weighted by molar-refractivity contribution is 7.99. The zero-order valence-electron chi connectivity index (χ0n) is 7.82. The van der Waals surface area contributed by atoms with Crippen molar-refractivity contribution in [3.05, 3.63) is 0 Å². The molecule has 2 aliphatic heterocycles. The first kappa shape index (κ1) is 9.79. The van der Waals surface area contributed by atoms with Crippen LogP contribution in [0.3, 0.4) is 0 Å². The quantitative estimate of drug-likeness (QED) is 0.462. The number of β-lactam (4-membered cyclic amide) rings is 1. The SMILES string of the molecule is CC(=O)NC1C(=O)N(O)C12CCSC2. The molecule has 5 nitrogen and oxygen atoms in total. The molecule has 2 saturated heterocycles. The Morgan fingerprint density at radius 3 is 3.00 bits per heavy atom. The fourth-order valence-corrected chi connectivity index (χ4v) is 3.42. The van der Waals surface area contributed by atoms with Crippen molar-refractivity contribution in [3.63, 3.8) is 0 Å². The minimum Gasteiger partial charge on any atom is -0.342 e. The van der Waals surface area contributed by atoms with Crippen LogP contribution >= 0.6 is 11.8 Å². The highest BCUT2D eigenvalue weighted by Gasteiger charge is 2.62. The summed E-state index contributed by atoms with van der Waals surface area (Å²) in [7, 11) is 0. The molecule has 78 valence electrons. The molecule has 2 unspecified atom stereocenters. The van der Waals surface area contributed by atoms with Crippen molar-refractivity contribution in [2.24, 2.45) is 0 Å². The van der Waals surface area contributed by atoms with E-state index in [0.29, 0.717) is 5.75 Å². The van der Waals surface area contributed by atoms with Crippen molar-refractivity contribution in [1.82, 2.24) is 10.4 Å². The van der Waals surface area contributed by atoms with Gasteiger partial charge >= 0.3 is 0 Å². The number of hydroxylamine groups is 2. The van der Waals surface area contributed by atoms with Crippen molar-refractivity contribution in [1.29, 1.82) is 0 Å². The molecule has 2 N–H and O–H groups in total. The monoisotopic (exact) mass is 216 g/mol. The minimum absolute atomic E-state index is 0.229. The van der Waals surface area contributed by atoms with E-state index in [1.165, 1.54) is 6.92 Å². The molecule has 2 atom stereocenters. The Labute approximate surface area is 85.8 Å². The Balaban J connectivity index is 2.15. The van der Waals surface area contributed by atoms with E-state index in [1.54, 1.807) is 11.8 Å². The lowest BCUT2D eigenvalue weighted by Gasteiger charge is -2.51. The van der Waals surface area contributed by atoms with Crippen LogP contribution in [-0.4, -0.2) is 45.2 Å². The van der Waals surface area contributed by atoms with E-state index in [2.05, 4.69) is 5.32 Å². The van der Waals surface area contributed by atoms with Crippen LogP contribution in [0.4, 0.5) is 0 Å². The molecule has 0 aliphatic carbocycles. The van der Waals surface area contributed by atoms with Gasteiger partial charge in [0.05, 0.1) is 0 Å². The molecule has 2 amide bonds. The van der Waals surface area contributed by atoms with E-state index in [-0.39, 0.29) is 5.91 Å². The number of carbonyl (C=O) groups excluding carboxylic acids is 2. The summed E-state index contributed by atoms with van der Waals surface area (Å²) in [5.74, 6) is 0.982. The third-order valence-electron chi connectivity index (χ3n) is 2.79. The summed E-state index contributed by atoms with van der Waals surface area (Å²) in [5.41, 5.74) is -0.534. The smallest absolute Gasteiger partial charge is 0.271 e. The van der Waals surface area contributed by atoms with Crippen LogP contribution < -0.4 is 5.32 Å². The van der Waals surface area contributed by atoms with Crippen LogP contribution in [0.1, 0.15) is 13.3 Å². The summed E-state index contributed by atoms with van der Waals surface area (Å²) in [6.45, 7) is 1.38. The molecule has 2 rings (SSSR count). The topological polar surface area (TPSA) is 69.6 Å². The molecule has 1 spiro atoms. The fourth-order valence-electron chi connectivity index (χ4n) is 1.99. The highest BCUT2D eigenvalue weighted by Crippen LogP contribution is 2.42. The van der Waals surface area contributed by atoms with E-state index in [4.69, 9.17) is 0 Å². The largest absolute Gasteiger partial charge is 0.342 e. The third-order valence-corrected chi connectivity index (χ3v) is 3.99. The van der Waals surface area contributed by atoms with Gasteiger partial charge in [0.25, 0.3) is 5.91 Å². The zero-order chi connectivity index (χ0) is 10.3. The minimum atomic E-state index is -0.534. The maximum Gasteiger partial charge on any atom is 0.271 e. The van der Waals surface area contributed by atoms with Gasteiger partial charge in [0.2, 0.25) is 5.91 Å². The second-order valence-electron chi connectivity index (χ2n) is 3.69. The van der Waals surface area contributed by atoms with Gasteiger partial charge in [0, 0.05) is 12.7 Å². The van der Waals surface area contributed by atoms with Crippen molar-refractivity contribution in [3.8, 4) is 0 Å². The molecule has 14 heavy (non-hydrogen) atoms. The molecule has 0 aromatic rings. The van der Waals surface area contributed by atoms with Crippen LogP contribution in [0.2, 0.25) is 0 Å². The molecule has 2 aliphatic rings. The number of nitrogens with zero attached hydrogens (tertiary/aromatic N) is 1. The first-order chi connectivity index (χ1) is 6.58. The van der Waals surface area contributed by atoms with Gasteiger partial charge in [-0.2, -0.15) is 11.8 Å². The maximum atomic E-state index is 11.3. The second-order valence-corrected chi connectivity index (χ2v) is 4.79. The molecule has 0 saturated carbocycles. The van der Waals surface area contributed by atoms with Gasteiger partial charge in [-0.3, -0.25) is 14.8 Å². The van der Waals surface area contributed by atoms with Gasteiger partial charge < -0.3 is 5.32 Å². The summed E-state index contributed by atoms with van der Waals surface area (Å²) < 4.78 is 0. The van der Waals surface area contributed by atoms with Crippen LogP contribution in [0.15, 0.2) is 0 Å². The van der Waals surface area contributed by atoms with E-state index >= 15 is 0 Å². The average Bonchev–Trinajstić information content (AvgIpc) is 2.63. The number of hydrogen-bond donors (Lipinski definition) is 2. The van der Waals surface area contributed by atoms with Crippen molar-refractivity contribution >= 4 is 23.6 Å². The van der Waals surface area contributed by atoms with Gasteiger partial charge in [-0.15, -0.1) is 0 Å². The summed E-state index contributed by atoms with van der Waals surface area (Å²) in [5, 5.41) is 12.8. The van der Waals surface area contributed by atoms with Gasteiger partial charge in [-0.05, 0) is 12.2 Å². The van der Waals surface area contributed by atoms with Gasteiger partial charge in [0.1, 0.15) is 11.6 Å². The summed E-state index contributed by atoms with van der Waals surface area (Å²) in [6, 6.07) is -0.528. The number of hydrogen-bond acceptors (Lipinski definition) is 4. The molecule has 0 bridgehead atoms. The Bertz CT molecular complexity index is 288. The Kier molecular flexibility index (Phi) is 2.19. The summed E-state index contributed by atoms with van der Waals surface area (Å²) in [6.07, 6.45) is 0.741. The summed E-state index contributed by atoms with van der Waals surface area (Å²) >= 11 is 1.69. The van der Waals surface area contributed by atoms with E-state index in [9.17, 15) is 14.8 Å². The van der Waals surface area contributed by atoms with Crippen LogP contribution in [0.25, 0.3) is 0 Å². The summed E-state index contributed by atoms with van der Waals surface area (Å²) in [4.78, 5) is 22.2. The predicted molar refractivity (Wildman–Crippen MR) is 50.9 cm³/mol. The molecular weight excluding hydrogens is 204 g/mol. The molecule has 2 fully saturated rings. The molecule has 0 aromatic heterocycles. The maximum absolute atomic E-state index is 11.3. The number of rotatable bonds is 1. The lowest BCUT2D eigenvalue weighted by atomic mass is 9.80. The lowest BCUT2D eigenvalue weighted by Crippen LogP contribution is -2.78. The fraction of sp³-hybridized carbons (Fsp3) is 0.750. The van der Waals surface area contributed by atoms with Crippen molar-refractivity contribution in [2.45, 2.75) is 24.9 Å². The number of carbonyl (C=O) groups is 2.